The Kier molecular flexibility index (Phi) is 4.06. The highest BCUT2D eigenvalue weighted by Gasteiger charge is 2.32. The van der Waals surface area contributed by atoms with Crippen LogP contribution in [-0.2, 0) is 10.3 Å². The number of nitrogen functional groups attached to an aromatic ring is 1. The van der Waals surface area contributed by atoms with Gasteiger partial charge in [-0.1, -0.05) is 12.8 Å². The van der Waals surface area contributed by atoms with Gasteiger partial charge in [-0.25, -0.2) is 9.48 Å². The zero-order chi connectivity index (χ0) is 14.9. The van der Waals surface area contributed by atoms with Crippen molar-refractivity contribution in [1.29, 1.82) is 0 Å². The van der Waals surface area contributed by atoms with Gasteiger partial charge in [0.05, 0.1) is 17.8 Å². The van der Waals surface area contributed by atoms with E-state index in [-0.39, 0.29) is 11.5 Å². The second-order valence-corrected chi connectivity index (χ2v) is 6.43. The number of esters is 1. The van der Waals surface area contributed by atoms with Gasteiger partial charge in [0.15, 0.2) is 0 Å². The highest BCUT2D eigenvalue weighted by atomic mass is 16.5. The lowest BCUT2D eigenvalue weighted by atomic mass is 10.00. The summed E-state index contributed by atoms with van der Waals surface area (Å²) in [6, 6.07) is 0. The summed E-state index contributed by atoms with van der Waals surface area (Å²) < 4.78 is 6.92. The fourth-order valence-corrected chi connectivity index (χ4v) is 2.86. The molecule has 1 aromatic rings. The summed E-state index contributed by atoms with van der Waals surface area (Å²) in [7, 11) is 0. The van der Waals surface area contributed by atoms with Crippen molar-refractivity contribution in [3.05, 3.63) is 11.3 Å². The first-order chi connectivity index (χ1) is 9.36. The number of nitrogens with two attached hydrogens (primary N) is 1. The van der Waals surface area contributed by atoms with Gasteiger partial charge in [-0.2, -0.15) is 5.10 Å². The normalized spacial score (nSPS) is 16.6. The fourth-order valence-electron chi connectivity index (χ4n) is 2.86. The average Bonchev–Trinajstić information content (AvgIpc) is 2.94. The van der Waals surface area contributed by atoms with Crippen LogP contribution in [0.2, 0.25) is 0 Å². The molecule has 5 heteroatoms. The van der Waals surface area contributed by atoms with Crippen molar-refractivity contribution in [3.8, 4) is 0 Å². The van der Waals surface area contributed by atoms with Gasteiger partial charge < -0.3 is 10.5 Å². The Labute approximate surface area is 120 Å². The number of anilines is 1. The monoisotopic (exact) mass is 279 g/mol. The molecule has 20 heavy (non-hydrogen) atoms. The number of hydrogen-bond acceptors (Lipinski definition) is 4. The van der Waals surface area contributed by atoms with Crippen LogP contribution in [0.5, 0.6) is 0 Å². The van der Waals surface area contributed by atoms with E-state index in [1.165, 1.54) is 12.8 Å². The first-order valence-corrected chi connectivity index (χ1v) is 7.42. The Hall–Kier alpha value is -1.52. The van der Waals surface area contributed by atoms with Crippen molar-refractivity contribution < 1.29 is 9.53 Å². The molecule has 0 bridgehead atoms. The van der Waals surface area contributed by atoms with Crippen molar-refractivity contribution in [2.75, 3.05) is 12.3 Å². The number of carbonyl (C=O) groups excluding carboxylic acids is 1. The molecule has 0 aliphatic heterocycles. The standard InChI is InChI=1S/C15H25N3O2/c1-5-20-14(19)11-12(10-8-6-7-9-10)17-18(13(11)16)15(2,3)4/h10H,5-9,16H2,1-4H3. The highest BCUT2D eigenvalue weighted by Crippen LogP contribution is 2.38. The molecule has 1 aromatic heterocycles. The molecular formula is C15H25N3O2. The van der Waals surface area contributed by atoms with Crippen LogP contribution in [0.1, 0.15) is 75.3 Å². The van der Waals surface area contributed by atoms with Gasteiger partial charge in [-0.05, 0) is 40.5 Å². The molecule has 1 aliphatic rings. The van der Waals surface area contributed by atoms with Gasteiger partial charge in [0.2, 0.25) is 0 Å². The number of ether oxygens (including phenoxy) is 1. The Morgan fingerprint density at radius 1 is 1.40 bits per heavy atom. The van der Waals surface area contributed by atoms with E-state index in [1.807, 2.05) is 20.8 Å². The van der Waals surface area contributed by atoms with E-state index in [0.717, 1.165) is 18.5 Å². The number of hydrogen-bond donors (Lipinski definition) is 1. The van der Waals surface area contributed by atoms with Gasteiger partial charge in [0.1, 0.15) is 11.4 Å². The number of nitrogens with zero attached hydrogens (tertiary/aromatic N) is 2. The van der Waals surface area contributed by atoms with Crippen molar-refractivity contribution >= 4 is 11.8 Å². The zero-order valence-corrected chi connectivity index (χ0v) is 12.9. The molecule has 1 aliphatic carbocycles. The molecule has 5 nitrogen and oxygen atoms in total. The van der Waals surface area contributed by atoms with Gasteiger partial charge in [0, 0.05) is 5.92 Å². The molecule has 2 rings (SSSR count). The molecule has 2 N–H and O–H groups in total. The summed E-state index contributed by atoms with van der Waals surface area (Å²) in [5, 5.41) is 4.66. The Balaban J connectivity index is 2.50. The van der Waals surface area contributed by atoms with Crippen molar-refractivity contribution in [3.63, 3.8) is 0 Å². The lowest BCUT2D eigenvalue weighted by Crippen LogP contribution is -2.25. The topological polar surface area (TPSA) is 70.1 Å². The number of aromatic nitrogens is 2. The predicted molar refractivity (Wildman–Crippen MR) is 78.8 cm³/mol. The molecule has 0 spiro atoms. The second-order valence-electron chi connectivity index (χ2n) is 6.43. The molecular weight excluding hydrogens is 254 g/mol. The zero-order valence-electron chi connectivity index (χ0n) is 12.9. The first kappa shape index (κ1) is 14.9. The SMILES string of the molecule is CCOC(=O)c1c(C2CCCC2)nn(C(C)(C)C)c1N. The maximum Gasteiger partial charge on any atom is 0.343 e. The maximum absolute atomic E-state index is 12.2. The van der Waals surface area contributed by atoms with Crippen LogP contribution in [0.3, 0.4) is 0 Å². The summed E-state index contributed by atoms with van der Waals surface area (Å²) in [6.45, 7) is 8.25. The van der Waals surface area contributed by atoms with Crippen LogP contribution in [0.25, 0.3) is 0 Å². The fraction of sp³-hybridized carbons (Fsp3) is 0.733. The molecule has 1 heterocycles. The Morgan fingerprint density at radius 2 is 2.00 bits per heavy atom. The third kappa shape index (κ3) is 2.67. The minimum atomic E-state index is -0.345. The molecule has 0 amide bonds. The minimum Gasteiger partial charge on any atom is -0.462 e. The van der Waals surface area contributed by atoms with Crippen molar-refractivity contribution in [1.82, 2.24) is 9.78 Å². The van der Waals surface area contributed by atoms with Gasteiger partial charge >= 0.3 is 5.97 Å². The molecule has 0 aromatic carbocycles. The summed E-state index contributed by atoms with van der Waals surface area (Å²) in [5.41, 5.74) is 7.25. The average molecular weight is 279 g/mol. The van der Waals surface area contributed by atoms with Crippen LogP contribution in [0.15, 0.2) is 0 Å². The summed E-state index contributed by atoms with van der Waals surface area (Å²) in [4.78, 5) is 12.2. The lowest BCUT2D eigenvalue weighted by molar-refractivity contribution is 0.0525. The third-order valence-electron chi connectivity index (χ3n) is 3.81. The second kappa shape index (κ2) is 5.46. The third-order valence-corrected chi connectivity index (χ3v) is 3.81. The molecule has 1 fully saturated rings. The van der Waals surface area contributed by atoms with E-state index in [1.54, 1.807) is 11.6 Å². The van der Waals surface area contributed by atoms with E-state index in [2.05, 4.69) is 5.10 Å². The Morgan fingerprint density at radius 3 is 2.50 bits per heavy atom. The van der Waals surface area contributed by atoms with Crippen LogP contribution >= 0.6 is 0 Å². The van der Waals surface area contributed by atoms with Crippen LogP contribution in [0, 0.1) is 0 Å². The molecule has 0 saturated heterocycles. The smallest absolute Gasteiger partial charge is 0.343 e. The Bertz CT molecular complexity index is 494. The van der Waals surface area contributed by atoms with Crippen LogP contribution in [-0.4, -0.2) is 22.4 Å². The van der Waals surface area contributed by atoms with Gasteiger partial charge in [-0.3, -0.25) is 0 Å². The van der Waals surface area contributed by atoms with Crippen molar-refractivity contribution in [2.45, 2.75) is 64.8 Å². The molecule has 1 saturated carbocycles. The predicted octanol–water partition coefficient (Wildman–Crippen LogP) is 3.05. The van der Waals surface area contributed by atoms with Crippen molar-refractivity contribution in [2.24, 2.45) is 0 Å². The summed E-state index contributed by atoms with van der Waals surface area (Å²) in [6.07, 6.45) is 4.53. The van der Waals surface area contributed by atoms with Crippen LogP contribution in [0.4, 0.5) is 5.82 Å². The molecule has 0 atom stereocenters. The number of rotatable bonds is 3. The highest BCUT2D eigenvalue weighted by molar-refractivity contribution is 5.96. The van der Waals surface area contributed by atoms with Gasteiger partial charge in [0.25, 0.3) is 0 Å². The van der Waals surface area contributed by atoms with Crippen LogP contribution < -0.4 is 5.73 Å². The quantitative estimate of drug-likeness (QED) is 0.863. The lowest BCUT2D eigenvalue weighted by Gasteiger charge is -2.20. The molecule has 0 unspecified atom stereocenters. The molecule has 0 radical (unpaired) electrons. The van der Waals surface area contributed by atoms with E-state index in [4.69, 9.17) is 10.5 Å². The minimum absolute atomic E-state index is 0.248. The molecule has 112 valence electrons. The van der Waals surface area contributed by atoms with E-state index < -0.39 is 0 Å². The largest absolute Gasteiger partial charge is 0.462 e. The summed E-state index contributed by atoms with van der Waals surface area (Å²) >= 11 is 0. The van der Waals surface area contributed by atoms with E-state index >= 15 is 0 Å². The van der Waals surface area contributed by atoms with E-state index in [9.17, 15) is 4.79 Å². The maximum atomic E-state index is 12.2. The van der Waals surface area contributed by atoms with E-state index in [0.29, 0.717) is 23.9 Å². The summed E-state index contributed by atoms with van der Waals surface area (Å²) in [5.74, 6) is 0.417. The first-order valence-electron chi connectivity index (χ1n) is 7.42. The van der Waals surface area contributed by atoms with Gasteiger partial charge in [-0.15, -0.1) is 0 Å². The number of carbonyl (C=O) groups is 1.